The Morgan fingerprint density at radius 3 is 2.56 bits per heavy atom. The zero-order valence-corrected chi connectivity index (χ0v) is 10.8. The van der Waals surface area contributed by atoms with E-state index in [1.807, 2.05) is 25.1 Å². The number of benzene rings is 2. The normalized spacial score (nSPS) is 10.7. The number of rotatable bonds is 3. The number of aliphatic hydroxyl groups is 1. The summed E-state index contributed by atoms with van der Waals surface area (Å²) >= 11 is 6.11. The van der Waals surface area contributed by atoms with E-state index in [0.29, 0.717) is 22.6 Å². The molecule has 0 aliphatic rings. The van der Waals surface area contributed by atoms with Crippen LogP contribution < -0.4 is 0 Å². The molecule has 0 unspecified atom stereocenters. The van der Waals surface area contributed by atoms with Gasteiger partial charge in [0, 0.05) is 22.8 Å². The summed E-state index contributed by atoms with van der Waals surface area (Å²) < 4.78 is 13.9. The number of aryl methyl sites for hydroxylation is 1. The van der Waals surface area contributed by atoms with E-state index >= 15 is 0 Å². The van der Waals surface area contributed by atoms with Gasteiger partial charge < -0.3 is 5.11 Å². The Morgan fingerprint density at radius 1 is 1.11 bits per heavy atom. The van der Waals surface area contributed by atoms with Crippen molar-refractivity contribution in [2.24, 2.45) is 0 Å². The molecule has 0 heterocycles. The highest BCUT2D eigenvalue weighted by molar-refractivity contribution is 6.33. The van der Waals surface area contributed by atoms with E-state index in [1.54, 1.807) is 12.1 Å². The lowest BCUT2D eigenvalue weighted by atomic mass is 10.0. The van der Waals surface area contributed by atoms with Gasteiger partial charge in [0.25, 0.3) is 0 Å². The number of hydrogen-bond acceptors (Lipinski definition) is 1. The molecule has 3 heteroatoms. The molecule has 0 saturated heterocycles. The van der Waals surface area contributed by atoms with Gasteiger partial charge in [0.05, 0.1) is 0 Å². The van der Waals surface area contributed by atoms with Crippen LogP contribution in [0.2, 0.25) is 5.02 Å². The van der Waals surface area contributed by atoms with Crippen LogP contribution in [0.3, 0.4) is 0 Å². The SMILES string of the molecule is Cc1ccc(-c2cc(CCO)ccc2Cl)c(F)c1. The summed E-state index contributed by atoms with van der Waals surface area (Å²) in [5.41, 5.74) is 2.97. The molecule has 0 aromatic heterocycles. The van der Waals surface area contributed by atoms with E-state index in [2.05, 4.69) is 0 Å². The summed E-state index contributed by atoms with van der Waals surface area (Å²) in [7, 11) is 0. The molecule has 0 fully saturated rings. The lowest BCUT2D eigenvalue weighted by molar-refractivity contribution is 0.299. The van der Waals surface area contributed by atoms with Crippen molar-refractivity contribution in [3.05, 3.63) is 58.4 Å². The van der Waals surface area contributed by atoms with Crippen molar-refractivity contribution in [1.82, 2.24) is 0 Å². The van der Waals surface area contributed by atoms with E-state index in [9.17, 15) is 4.39 Å². The fraction of sp³-hybridized carbons (Fsp3) is 0.200. The van der Waals surface area contributed by atoms with Crippen LogP contribution in [0.5, 0.6) is 0 Å². The van der Waals surface area contributed by atoms with Gasteiger partial charge in [-0.3, -0.25) is 0 Å². The topological polar surface area (TPSA) is 20.2 Å². The highest BCUT2D eigenvalue weighted by Gasteiger charge is 2.09. The van der Waals surface area contributed by atoms with Crippen molar-refractivity contribution in [1.29, 1.82) is 0 Å². The molecule has 2 rings (SSSR count). The van der Waals surface area contributed by atoms with E-state index in [-0.39, 0.29) is 12.4 Å². The second kappa shape index (κ2) is 5.51. The minimum atomic E-state index is -0.280. The molecule has 2 aromatic carbocycles. The van der Waals surface area contributed by atoms with Crippen LogP contribution in [-0.4, -0.2) is 11.7 Å². The van der Waals surface area contributed by atoms with Crippen LogP contribution in [0.1, 0.15) is 11.1 Å². The zero-order valence-electron chi connectivity index (χ0n) is 10.1. The Hall–Kier alpha value is -1.38. The van der Waals surface area contributed by atoms with Crippen molar-refractivity contribution in [2.45, 2.75) is 13.3 Å². The molecular weight excluding hydrogens is 251 g/mol. The van der Waals surface area contributed by atoms with Gasteiger partial charge in [-0.15, -0.1) is 0 Å². The van der Waals surface area contributed by atoms with E-state index in [1.165, 1.54) is 6.07 Å². The molecule has 0 aliphatic heterocycles. The van der Waals surface area contributed by atoms with Crippen molar-refractivity contribution in [3.8, 4) is 11.1 Å². The molecule has 0 amide bonds. The van der Waals surface area contributed by atoms with Crippen molar-refractivity contribution in [2.75, 3.05) is 6.61 Å². The van der Waals surface area contributed by atoms with E-state index in [0.717, 1.165) is 11.1 Å². The average molecular weight is 265 g/mol. The Labute approximate surface area is 111 Å². The fourth-order valence-electron chi connectivity index (χ4n) is 1.90. The summed E-state index contributed by atoms with van der Waals surface area (Å²) in [6, 6.07) is 10.5. The second-order valence-electron chi connectivity index (χ2n) is 4.27. The van der Waals surface area contributed by atoms with Crippen LogP contribution in [0.25, 0.3) is 11.1 Å². The first kappa shape index (κ1) is 13.1. The summed E-state index contributed by atoms with van der Waals surface area (Å²) in [6.07, 6.45) is 0.539. The highest BCUT2D eigenvalue weighted by Crippen LogP contribution is 2.31. The minimum Gasteiger partial charge on any atom is -0.396 e. The summed E-state index contributed by atoms with van der Waals surface area (Å²) in [6.45, 7) is 1.91. The zero-order chi connectivity index (χ0) is 13.1. The predicted octanol–water partition coefficient (Wildman–Crippen LogP) is 3.99. The Kier molecular flexibility index (Phi) is 4.00. The van der Waals surface area contributed by atoms with Gasteiger partial charge in [-0.05, 0) is 42.7 Å². The van der Waals surface area contributed by atoms with Gasteiger partial charge in [-0.2, -0.15) is 0 Å². The van der Waals surface area contributed by atoms with Crippen LogP contribution >= 0.6 is 11.6 Å². The first-order valence-electron chi connectivity index (χ1n) is 5.77. The molecule has 94 valence electrons. The monoisotopic (exact) mass is 264 g/mol. The molecule has 1 N–H and O–H groups in total. The Bertz CT molecular complexity index is 566. The van der Waals surface area contributed by atoms with E-state index in [4.69, 9.17) is 16.7 Å². The third-order valence-electron chi connectivity index (χ3n) is 2.85. The number of hydrogen-bond donors (Lipinski definition) is 1. The maximum atomic E-state index is 13.9. The van der Waals surface area contributed by atoms with Crippen molar-refractivity contribution in [3.63, 3.8) is 0 Å². The summed E-state index contributed by atoms with van der Waals surface area (Å²) in [4.78, 5) is 0. The van der Waals surface area contributed by atoms with Crippen molar-refractivity contribution >= 4 is 11.6 Å². The average Bonchev–Trinajstić information content (AvgIpc) is 2.33. The number of aliphatic hydroxyl groups excluding tert-OH is 1. The van der Waals surface area contributed by atoms with Gasteiger partial charge in [0.2, 0.25) is 0 Å². The van der Waals surface area contributed by atoms with Gasteiger partial charge in [-0.1, -0.05) is 29.8 Å². The third kappa shape index (κ3) is 2.71. The lowest BCUT2D eigenvalue weighted by Gasteiger charge is -2.09. The third-order valence-corrected chi connectivity index (χ3v) is 3.18. The molecule has 0 aliphatic carbocycles. The molecule has 0 bridgehead atoms. The summed E-state index contributed by atoms with van der Waals surface area (Å²) in [5.74, 6) is -0.280. The van der Waals surface area contributed by atoms with Crippen LogP contribution in [0, 0.1) is 12.7 Å². The quantitative estimate of drug-likeness (QED) is 0.889. The standard InChI is InChI=1S/C15H14ClFO/c1-10-2-4-12(15(17)8-10)13-9-11(6-7-18)3-5-14(13)16/h2-5,8-9,18H,6-7H2,1H3. The van der Waals surface area contributed by atoms with Crippen molar-refractivity contribution < 1.29 is 9.50 Å². The van der Waals surface area contributed by atoms with Crippen LogP contribution in [-0.2, 0) is 6.42 Å². The Balaban J connectivity index is 2.51. The van der Waals surface area contributed by atoms with Gasteiger partial charge in [0.1, 0.15) is 5.82 Å². The van der Waals surface area contributed by atoms with Gasteiger partial charge in [-0.25, -0.2) is 4.39 Å². The second-order valence-corrected chi connectivity index (χ2v) is 4.68. The molecular formula is C15H14ClFO. The number of halogens is 2. The smallest absolute Gasteiger partial charge is 0.131 e. The first-order valence-corrected chi connectivity index (χ1v) is 6.15. The first-order chi connectivity index (χ1) is 8.61. The maximum Gasteiger partial charge on any atom is 0.131 e. The molecule has 2 aromatic rings. The predicted molar refractivity (Wildman–Crippen MR) is 72.4 cm³/mol. The highest BCUT2D eigenvalue weighted by atomic mass is 35.5. The molecule has 1 nitrogen and oxygen atoms in total. The molecule has 0 saturated carbocycles. The molecule has 0 atom stereocenters. The fourth-order valence-corrected chi connectivity index (χ4v) is 2.12. The molecule has 0 spiro atoms. The van der Waals surface area contributed by atoms with Gasteiger partial charge in [0.15, 0.2) is 0 Å². The largest absolute Gasteiger partial charge is 0.396 e. The van der Waals surface area contributed by atoms with E-state index < -0.39 is 0 Å². The maximum absolute atomic E-state index is 13.9. The molecule has 18 heavy (non-hydrogen) atoms. The Morgan fingerprint density at radius 2 is 1.89 bits per heavy atom. The van der Waals surface area contributed by atoms with Crippen LogP contribution in [0.15, 0.2) is 36.4 Å². The lowest BCUT2D eigenvalue weighted by Crippen LogP contribution is -1.93. The van der Waals surface area contributed by atoms with Crippen LogP contribution in [0.4, 0.5) is 4.39 Å². The van der Waals surface area contributed by atoms with Gasteiger partial charge >= 0.3 is 0 Å². The molecule has 0 radical (unpaired) electrons. The summed E-state index contributed by atoms with van der Waals surface area (Å²) in [5, 5.41) is 9.45. The minimum absolute atomic E-state index is 0.0669.